The normalized spacial score (nSPS) is 14.2. The molecule has 0 aliphatic carbocycles. The van der Waals surface area contributed by atoms with Crippen molar-refractivity contribution in [2.45, 2.75) is 26.3 Å². The van der Waals surface area contributed by atoms with Crippen LogP contribution in [0.5, 0.6) is 0 Å². The molecule has 0 fully saturated rings. The van der Waals surface area contributed by atoms with Crippen molar-refractivity contribution < 1.29 is 4.42 Å². The highest BCUT2D eigenvalue weighted by Gasteiger charge is 2.32. The zero-order chi connectivity index (χ0) is 14.0. The third kappa shape index (κ3) is 2.80. The molecule has 0 aliphatic heterocycles. The fourth-order valence-electron chi connectivity index (χ4n) is 3.00. The van der Waals surface area contributed by atoms with Crippen LogP contribution in [0.25, 0.3) is 11.1 Å². The minimum atomic E-state index is 0.103. The second-order valence-corrected chi connectivity index (χ2v) is 5.97. The van der Waals surface area contributed by atoms with Gasteiger partial charge in [0.1, 0.15) is 5.52 Å². The van der Waals surface area contributed by atoms with Gasteiger partial charge < -0.3 is 15.1 Å². The van der Waals surface area contributed by atoms with Crippen molar-refractivity contribution in [3.8, 4) is 0 Å². The van der Waals surface area contributed by atoms with Gasteiger partial charge in [-0.2, -0.15) is 0 Å². The van der Waals surface area contributed by atoms with E-state index in [-0.39, 0.29) is 5.41 Å². The Morgan fingerprint density at radius 1 is 1.37 bits per heavy atom. The fraction of sp³-hybridized carbons (Fsp3) is 0.533. The average Bonchev–Trinajstić information content (AvgIpc) is 2.75. The maximum atomic E-state index is 5.76. The number of oxazole rings is 1. The quantitative estimate of drug-likeness (QED) is 0.899. The maximum absolute atomic E-state index is 5.76. The standard InChI is InChI=1S/C15H23N3O/c1-15(2,7-8-16)14(18(3)4)11-5-6-12-13(9-11)19-10-17-12/h5-6,9-10,14H,7-8,16H2,1-4H3. The van der Waals surface area contributed by atoms with E-state index < -0.39 is 0 Å². The van der Waals surface area contributed by atoms with Crippen LogP contribution in [0.4, 0.5) is 0 Å². The van der Waals surface area contributed by atoms with Gasteiger partial charge in [0, 0.05) is 6.04 Å². The van der Waals surface area contributed by atoms with Crippen LogP contribution in [-0.4, -0.2) is 30.5 Å². The molecule has 0 spiro atoms. The summed E-state index contributed by atoms with van der Waals surface area (Å²) < 4.78 is 5.41. The lowest BCUT2D eigenvalue weighted by Gasteiger charge is -2.39. The number of rotatable bonds is 5. The molecule has 104 valence electrons. The van der Waals surface area contributed by atoms with Crippen LogP contribution < -0.4 is 5.73 Å². The van der Waals surface area contributed by atoms with Crippen LogP contribution in [0, 0.1) is 5.41 Å². The molecule has 2 aromatic rings. The first kappa shape index (κ1) is 14.0. The fourth-order valence-corrected chi connectivity index (χ4v) is 3.00. The third-order valence-corrected chi connectivity index (χ3v) is 3.72. The van der Waals surface area contributed by atoms with Crippen molar-refractivity contribution in [3.63, 3.8) is 0 Å². The molecule has 0 radical (unpaired) electrons. The summed E-state index contributed by atoms with van der Waals surface area (Å²) in [6.45, 7) is 5.21. The third-order valence-electron chi connectivity index (χ3n) is 3.72. The summed E-state index contributed by atoms with van der Waals surface area (Å²) in [4.78, 5) is 6.41. The lowest BCUT2D eigenvalue weighted by molar-refractivity contribution is 0.128. The van der Waals surface area contributed by atoms with E-state index in [1.807, 2.05) is 6.07 Å². The van der Waals surface area contributed by atoms with E-state index in [2.05, 4.69) is 50.0 Å². The molecule has 0 aliphatic rings. The first-order chi connectivity index (χ1) is 8.95. The zero-order valence-corrected chi connectivity index (χ0v) is 12.2. The van der Waals surface area contributed by atoms with Crippen LogP contribution in [0.3, 0.4) is 0 Å². The molecule has 0 amide bonds. The highest BCUT2D eigenvalue weighted by molar-refractivity contribution is 5.72. The molecular formula is C15H23N3O. The Balaban J connectivity index is 2.43. The van der Waals surface area contributed by atoms with Crippen LogP contribution in [-0.2, 0) is 0 Å². The molecule has 2 rings (SSSR count). The Labute approximate surface area is 114 Å². The molecule has 4 nitrogen and oxygen atoms in total. The van der Waals surface area contributed by atoms with Crippen LogP contribution in [0.2, 0.25) is 0 Å². The van der Waals surface area contributed by atoms with E-state index >= 15 is 0 Å². The summed E-state index contributed by atoms with van der Waals surface area (Å²) in [7, 11) is 4.21. The monoisotopic (exact) mass is 261 g/mol. The van der Waals surface area contributed by atoms with E-state index in [1.165, 1.54) is 12.0 Å². The van der Waals surface area contributed by atoms with Gasteiger partial charge >= 0.3 is 0 Å². The highest BCUT2D eigenvalue weighted by atomic mass is 16.3. The van der Waals surface area contributed by atoms with Crippen LogP contribution >= 0.6 is 0 Å². The number of hydrogen-bond donors (Lipinski definition) is 1. The minimum absolute atomic E-state index is 0.103. The van der Waals surface area contributed by atoms with E-state index in [1.54, 1.807) is 0 Å². The van der Waals surface area contributed by atoms with Gasteiger partial charge in [-0.15, -0.1) is 0 Å². The molecule has 1 heterocycles. The SMILES string of the molecule is CN(C)C(c1ccc2ncoc2c1)C(C)(C)CCN. The van der Waals surface area contributed by atoms with Gasteiger partial charge in [0.05, 0.1) is 0 Å². The molecule has 1 aromatic heterocycles. The van der Waals surface area contributed by atoms with Gasteiger partial charge in [0.2, 0.25) is 0 Å². The molecular weight excluding hydrogens is 238 g/mol. The second-order valence-electron chi connectivity index (χ2n) is 5.97. The van der Waals surface area contributed by atoms with Gasteiger partial charge in [-0.3, -0.25) is 0 Å². The van der Waals surface area contributed by atoms with Crippen molar-refractivity contribution in [1.82, 2.24) is 9.88 Å². The molecule has 4 heteroatoms. The van der Waals surface area contributed by atoms with Crippen LogP contribution in [0.15, 0.2) is 29.0 Å². The summed E-state index contributed by atoms with van der Waals surface area (Å²) in [5.41, 5.74) is 8.85. The van der Waals surface area contributed by atoms with E-state index in [4.69, 9.17) is 10.2 Å². The largest absolute Gasteiger partial charge is 0.443 e. The van der Waals surface area contributed by atoms with Crippen molar-refractivity contribution in [2.24, 2.45) is 11.1 Å². The van der Waals surface area contributed by atoms with Crippen molar-refractivity contribution >= 4 is 11.1 Å². The molecule has 1 atom stereocenters. The number of nitrogens with two attached hydrogens (primary N) is 1. The summed E-state index contributed by atoms with van der Waals surface area (Å²) in [6, 6.07) is 6.54. The smallest absolute Gasteiger partial charge is 0.181 e. The zero-order valence-electron chi connectivity index (χ0n) is 12.2. The second kappa shape index (κ2) is 5.31. The Bertz CT molecular complexity index is 545. The topological polar surface area (TPSA) is 55.3 Å². The first-order valence-electron chi connectivity index (χ1n) is 6.65. The van der Waals surface area contributed by atoms with Gasteiger partial charge in [-0.1, -0.05) is 19.9 Å². The molecule has 2 N–H and O–H groups in total. The maximum Gasteiger partial charge on any atom is 0.181 e. The Kier molecular flexibility index (Phi) is 3.92. The number of nitrogens with zero attached hydrogens (tertiary/aromatic N) is 2. The predicted octanol–water partition coefficient (Wildman–Crippen LogP) is 2.81. The number of benzene rings is 1. The number of hydrogen-bond acceptors (Lipinski definition) is 4. The summed E-state index contributed by atoms with van der Waals surface area (Å²) in [5.74, 6) is 0. The molecule has 1 unspecified atom stereocenters. The van der Waals surface area contributed by atoms with Crippen molar-refractivity contribution in [2.75, 3.05) is 20.6 Å². The number of aromatic nitrogens is 1. The van der Waals surface area contributed by atoms with Gasteiger partial charge in [0.15, 0.2) is 12.0 Å². The lowest BCUT2D eigenvalue weighted by Crippen LogP contribution is -2.35. The van der Waals surface area contributed by atoms with Crippen LogP contribution in [0.1, 0.15) is 31.9 Å². The van der Waals surface area contributed by atoms with E-state index in [0.29, 0.717) is 12.6 Å². The minimum Gasteiger partial charge on any atom is -0.443 e. The van der Waals surface area contributed by atoms with E-state index in [9.17, 15) is 0 Å². The summed E-state index contributed by atoms with van der Waals surface area (Å²) in [6.07, 6.45) is 2.47. The molecule has 0 saturated carbocycles. The molecule has 0 bridgehead atoms. The van der Waals surface area contributed by atoms with E-state index in [0.717, 1.165) is 17.5 Å². The highest BCUT2D eigenvalue weighted by Crippen LogP contribution is 2.40. The Morgan fingerprint density at radius 2 is 2.11 bits per heavy atom. The Hall–Kier alpha value is -1.39. The lowest BCUT2D eigenvalue weighted by atomic mass is 9.77. The Morgan fingerprint density at radius 3 is 2.74 bits per heavy atom. The molecule has 0 saturated heterocycles. The number of fused-ring (bicyclic) bond motifs is 1. The first-order valence-corrected chi connectivity index (χ1v) is 6.65. The van der Waals surface area contributed by atoms with Crippen molar-refractivity contribution in [3.05, 3.63) is 30.2 Å². The predicted molar refractivity (Wildman–Crippen MR) is 77.9 cm³/mol. The summed E-state index contributed by atoms with van der Waals surface area (Å²) >= 11 is 0. The summed E-state index contributed by atoms with van der Waals surface area (Å²) in [5, 5.41) is 0. The molecule has 19 heavy (non-hydrogen) atoms. The average molecular weight is 261 g/mol. The van der Waals surface area contributed by atoms with Gasteiger partial charge in [-0.25, -0.2) is 4.98 Å². The van der Waals surface area contributed by atoms with Gasteiger partial charge in [0.25, 0.3) is 0 Å². The van der Waals surface area contributed by atoms with Gasteiger partial charge in [-0.05, 0) is 50.2 Å². The van der Waals surface area contributed by atoms with Crippen molar-refractivity contribution in [1.29, 1.82) is 0 Å². The molecule has 1 aromatic carbocycles.